The van der Waals surface area contributed by atoms with Crippen LogP contribution in [0.1, 0.15) is 27.2 Å². The van der Waals surface area contributed by atoms with Crippen molar-refractivity contribution in [2.24, 2.45) is 0 Å². The molecule has 0 spiro atoms. The quantitative estimate of drug-likeness (QED) is 0.728. The summed E-state index contributed by atoms with van der Waals surface area (Å²) < 4.78 is 5.45. The third kappa shape index (κ3) is 2.61. The zero-order chi connectivity index (χ0) is 10.6. The maximum Gasteiger partial charge on any atom is 0.317 e. The van der Waals surface area contributed by atoms with E-state index in [9.17, 15) is 4.79 Å². The SMILES string of the molecule is CCCNC(=O)N1CCOC(C)C1C. The van der Waals surface area contributed by atoms with Crippen molar-refractivity contribution in [2.45, 2.75) is 39.3 Å². The van der Waals surface area contributed by atoms with Crippen LogP contribution in [0.15, 0.2) is 0 Å². The highest BCUT2D eigenvalue weighted by molar-refractivity contribution is 5.74. The molecule has 0 aromatic heterocycles. The highest BCUT2D eigenvalue weighted by atomic mass is 16.5. The molecule has 1 fully saturated rings. The van der Waals surface area contributed by atoms with Crippen LogP contribution in [-0.4, -0.2) is 42.8 Å². The van der Waals surface area contributed by atoms with E-state index in [0.29, 0.717) is 13.2 Å². The van der Waals surface area contributed by atoms with Gasteiger partial charge >= 0.3 is 6.03 Å². The van der Waals surface area contributed by atoms with Crippen molar-refractivity contribution in [3.8, 4) is 0 Å². The van der Waals surface area contributed by atoms with Crippen molar-refractivity contribution < 1.29 is 9.53 Å². The van der Waals surface area contributed by atoms with Gasteiger partial charge in [0.25, 0.3) is 0 Å². The van der Waals surface area contributed by atoms with E-state index in [2.05, 4.69) is 5.32 Å². The minimum Gasteiger partial charge on any atom is -0.375 e. The molecule has 2 atom stereocenters. The molecule has 0 aromatic carbocycles. The molecule has 14 heavy (non-hydrogen) atoms. The maximum atomic E-state index is 11.7. The Kier molecular flexibility index (Phi) is 4.20. The van der Waals surface area contributed by atoms with E-state index in [-0.39, 0.29) is 18.2 Å². The van der Waals surface area contributed by atoms with Crippen molar-refractivity contribution in [3.63, 3.8) is 0 Å². The summed E-state index contributed by atoms with van der Waals surface area (Å²) >= 11 is 0. The first-order valence-electron chi connectivity index (χ1n) is 5.33. The summed E-state index contributed by atoms with van der Waals surface area (Å²) in [7, 11) is 0. The molecule has 1 N–H and O–H groups in total. The molecule has 2 unspecified atom stereocenters. The van der Waals surface area contributed by atoms with Crippen LogP contribution in [0.25, 0.3) is 0 Å². The third-order valence-electron chi connectivity index (χ3n) is 2.67. The number of nitrogens with one attached hydrogen (secondary N) is 1. The van der Waals surface area contributed by atoms with E-state index in [1.165, 1.54) is 0 Å². The van der Waals surface area contributed by atoms with Gasteiger partial charge in [-0.25, -0.2) is 4.79 Å². The molecule has 1 heterocycles. The zero-order valence-electron chi connectivity index (χ0n) is 9.25. The highest BCUT2D eigenvalue weighted by Crippen LogP contribution is 2.12. The van der Waals surface area contributed by atoms with E-state index in [4.69, 9.17) is 4.74 Å². The number of carbonyl (C=O) groups is 1. The number of hydrogen-bond donors (Lipinski definition) is 1. The largest absolute Gasteiger partial charge is 0.375 e. The zero-order valence-corrected chi connectivity index (χ0v) is 9.25. The summed E-state index contributed by atoms with van der Waals surface area (Å²) in [6, 6.07) is 0.204. The lowest BCUT2D eigenvalue weighted by Gasteiger charge is -2.37. The summed E-state index contributed by atoms with van der Waals surface area (Å²) in [6.07, 6.45) is 1.11. The lowest BCUT2D eigenvalue weighted by atomic mass is 10.1. The highest BCUT2D eigenvalue weighted by Gasteiger charge is 2.28. The Labute approximate surface area is 85.6 Å². The Hall–Kier alpha value is -0.770. The molecule has 1 aliphatic heterocycles. The van der Waals surface area contributed by atoms with Crippen molar-refractivity contribution in [3.05, 3.63) is 0 Å². The fourth-order valence-electron chi connectivity index (χ4n) is 1.55. The molecule has 0 aromatic rings. The van der Waals surface area contributed by atoms with Gasteiger partial charge in [0.1, 0.15) is 0 Å². The number of amides is 2. The molecule has 1 aliphatic rings. The summed E-state index contributed by atoms with van der Waals surface area (Å²) in [5, 5.41) is 2.88. The number of morpholine rings is 1. The van der Waals surface area contributed by atoms with Crippen LogP contribution in [-0.2, 0) is 4.74 Å². The second kappa shape index (κ2) is 5.20. The maximum absolute atomic E-state index is 11.7. The summed E-state index contributed by atoms with van der Waals surface area (Å²) in [5.41, 5.74) is 0. The van der Waals surface area contributed by atoms with Crippen molar-refractivity contribution in [2.75, 3.05) is 19.7 Å². The second-order valence-electron chi connectivity index (χ2n) is 3.74. The normalized spacial score (nSPS) is 27.5. The van der Waals surface area contributed by atoms with E-state index < -0.39 is 0 Å². The fourth-order valence-corrected chi connectivity index (χ4v) is 1.55. The Morgan fingerprint density at radius 2 is 2.29 bits per heavy atom. The van der Waals surface area contributed by atoms with Crippen molar-refractivity contribution >= 4 is 6.03 Å². The Morgan fingerprint density at radius 3 is 2.93 bits per heavy atom. The third-order valence-corrected chi connectivity index (χ3v) is 2.67. The molecule has 1 saturated heterocycles. The van der Waals surface area contributed by atoms with Gasteiger partial charge in [-0.2, -0.15) is 0 Å². The van der Waals surface area contributed by atoms with Gasteiger partial charge in [-0.05, 0) is 20.3 Å². The topological polar surface area (TPSA) is 41.6 Å². The van der Waals surface area contributed by atoms with Crippen LogP contribution in [0.5, 0.6) is 0 Å². The molecule has 0 bridgehead atoms. The first-order valence-corrected chi connectivity index (χ1v) is 5.33. The number of rotatable bonds is 2. The second-order valence-corrected chi connectivity index (χ2v) is 3.74. The Bertz CT molecular complexity index is 197. The van der Waals surface area contributed by atoms with E-state index in [1.807, 2.05) is 25.7 Å². The van der Waals surface area contributed by atoms with Crippen molar-refractivity contribution in [1.82, 2.24) is 10.2 Å². The van der Waals surface area contributed by atoms with Gasteiger partial charge in [-0.3, -0.25) is 0 Å². The van der Waals surface area contributed by atoms with Gasteiger partial charge in [0, 0.05) is 13.1 Å². The minimum absolute atomic E-state index is 0.0366. The van der Waals surface area contributed by atoms with Crippen molar-refractivity contribution in [1.29, 1.82) is 0 Å². The molecule has 2 amide bonds. The van der Waals surface area contributed by atoms with Gasteiger partial charge in [0.15, 0.2) is 0 Å². The molecule has 4 heteroatoms. The summed E-state index contributed by atoms with van der Waals surface area (Å²) in [6.45, 7) is 8.16. The van der Waals surface area contributed by atoms with Crippen LogP contribution < -0.4 is 5.32 Å². The predicted octanol–water partition coefficient (Wildman–Crippen LogP) is 1.22. The molecule has 82 valence electrons. The monoisotopic (exact) mass is 200 g/mol. The fraction of sp³-hybridized carbons (Fsp3) is 0.900. The molecule has 0 saturated carbocycles. The summed E-state index contributed by atoms with van der Waals surface area (Å²) in [5.74, 6) is 0. The molecular weight excluding hydrogens is 180 g/mol. The minimum atomic E-state index is 0.0366. The van der Waals surface area contributed by atoms with Crippen LogP contribution in [0.3, 0.4) is 0 Å². The molecular formula is C10H20N2O2. The molecule has 0 aliphatic carbocycles. The first kappa shape index (κ1) is 11.3. The first-order chi connectivity index (χ1) is 6.66. The average molecular weight is 200 g/mol. The number of hydrogen-bond acceptors (Lipinski definition) is 2. The Balaban J connectivity index is 2.44. The molecule has 1 rings (SSSR count). The van der Waals surface area contributed by atoms with E-state index in [0.717, 1.165) is 13.0 Å². The lowest BCUT2D eigenvalue weighted by molar-refractivity contribution is -0.0375. The van der Waals surface area contributed by atoms with E-state index >= 15 is 0 Å². The lowest BCUT2D eigenvalue weighted by Crippen LogP contribution is -2.54. The average Bonchev–Trinajstić information content (AvgIpc) is 2.18. The number of carbonyl (C=O) groups excluding carboxylic acids is 1. The smallest absolute Gasteiger partial charge is 0.317 e. The van der Waals surface area contributed by atoms with Gasteiger partial charge in [0.2, 0.25) is 0 Å². The van der Waals surface area contributed by atoms with Gasteiger partial charge in [-0.1, -0.05) is 6.92 Å². The standard InChI is InChI=1S/C10H20N2O2/c1-4-5-11-10(13)12-6-7-14-9(3)8(12)2/h8-9H,4-7H2,1-3H3,(H,11,13). The molecule has 4 nitrogen and oxygen atoms in total. The van der Waals surface area contributed by atoms with Gasteiger partial charge in [-0.15, -0.1) is 0 Å². The Morgan fingerprint density at radius 1 is 1.57 bits per heavy atom. The van der Waals surface area contributed by atoms with E-state index in [1.54, 1.807) is 0 Å². The number of nitrogens with zero attached hydrogens (tertiary/aromatic N) is 1. The summed E-state index contributed by atoms with van der Waals surface area (Å²) in [4.78, 5) is 13.5. The van der Waals surface area contributed by atoms with Gasteiger partial charge in [0.05, 0.1) is 18.8 Å². The number of urea groups is 1. The van der Waals surface area contributed by atoms with Crippen LogP contribution >= 0.6 is 0 Å². The number of ether oxygens (including phenoxy) is 1. The predicted molar refractivity (Wildman–Crippen MR) is 55.3 cm³/mol. The van der Waals surface area contributed by atoms with Crippen LogP contribution in [0.4, 0.5) is 4.79 Å². The molecule has 0 radical (unpaired) electrons. The van der Waals surface area contributed by atoms with Gasteiger partial charge < -0.3 is 15.0 Å². The van der Waals surface area contributed by atoms with Crippen LogP contribution in [0.2, 0.25) is 0 Å². The van der Waals surface area contributed by atoms with Crippen LogP contribution in [0, 0.1) is 0 Å².